The zero-order chi connectivity index (χ0) is 25.7. The molecule has 3 heterocycles. The SMILES string of the molecule is CCOC(=O)c1nnn([C@@H]2O[C@H](COC(C)=O)[C@@H](OC(C)=O)[C@H]2OC(C)=O)c1C(=O)c1ccco1. The largest absolute Gasteiger partial charge is 0.463 e. The van der Waals surface area contributed by atoms with E-state index in [2.05, 4.69) is 10.3 Å². The van der Waals surface area contributed by atoms with E-state index in [1.54, 1.807) is 6.92 Å². The first-order valence-electron chi connectivity index (χ1n) is 10.5. The number of aromatic nitrogens is 3. The Hall–Kier alpha value is -4.07. The third-order valence-electron chi connectivity index (χ3n) is 4.70. The van der Waals surface area contributed by atoms with Crippen LogP contribution in [0.1, 0.15) is 60.7 Å². The van der Waals surface area contributed by atoms with Crippen molar-refractivity contribution in [2.24, 2.45) is 0 Å². The quantitative estimate of drug-likeness (QED) is 0.270. The fourth-order valence-electron chi connectivity index (χ4n) is 3.43. The van der Waals surface area contributed by atoms with E-state index in [1.807, 2.05) is 0 Å². The molecule has 4 atom stereocenters. The number of hydrogen-bond donors (Lipinski definition) is 0. The molecule has 2 aromatic heterocycles. The fourth-order valence-corrected chi connectivity index (χ4v) is 3.43. The standard InChI is InChI=1S/C21H23N3O11/c1-5-30-21(29)15-16(17(28)13-7-6-8-31-13)24(23-22-15)20-19(34-12(4)27)18(33-11(3)26)14(35-20)9-32-10(2)25/h6-8,14,18-20H,5,9H2,1-4H3/t14-,18-,19-,20-/m1/s1. The Morgan fingerprint density at radius 1 is 1.00 bits per heavy atom. The van der Waals surface area contributed by atoms with Gasteiger partial charge in [0.25, 0.3) is 0 Å². The Labute approximate surface area is 198 Å². The molecule has 1 fully saturated rings. The van der Waals surface area contributed by atoms with E-state index in [4.69, 9.17) is 28.1 Å². The molecule has 14 nitrogen and oxygen atoms in total. The molecule has 0 N–H and O–H groups in total. The van der Waals surface area contributed by atoms with Crippen LogP contribution in [0.2, 0.25) is 0 Å². The molecule has 0 aliphatic carbocycles. The van der Waals surface area contributed by atoms with Gasteiger partial charge in [0.05, 0.1) is 12.9 Å². The molecule has 2 aromatic rings. The van der Waals surface area contributed by atoms with Crippen LogP contribution in [-0.2, 0) is 38.1 Å². The molecule has 0 spiro atoms. The van der Waals surface area contributed by atoms with Crippen LogP contribution in [-0.4, -0.2) is 76.2 Å². The summed E-state index contributed by atoms with van der Waals surface area (Å²) in [5.74, 6) is -4.01. The molecule has 0 bridgehead atoms. The fraction of sp³-hybridized carbons (Fsp3) is 0.476. The van der Waals surface area contributed by atoms with E-state index >= 15 is 0 Å². The van der Waals surface area contributed by atoms with Gasteiger partial charge in [-0.15, -0.1) is 5.10 Å². The van der Waals surface area contributed by atoms with E-state index < -0.39 is 59.9 Å². The van der Waals surface area contributed by atoms with E-state index in [9.17, 15) is 24.0 Å². The van der Waals surface area contributed by atoms with Gasteiger partial charge in [-0.1, -0.05) is 5.21 Å². The van der Waals surface area contributed by atoms with Crippen molar-refractivity contribution >= 4 is 29.7 Å². The first kappa shape index (κ1) is 25.6. The van der Waals surface area contributed by atoms with Crippen LogP contribution in [0.5, 0.6) is 0 Å². The molecular formula is C21H23N3O11. The predicted molar refractivity (Wildman–Crippen MR) is 110 cm³/mol. The molecule has 1 aliphatic heterocycles. The van der Waals surface area contributed by atoms with Gasteiger partial charge in [0.15, 0.2) is 29.9 Å². The second kappa shape index (κ2) is 10.9. The molecule has 0 amide bonds. The minimum absolute atomic E-state index is 0.00490. The first-order valence-corrected chi connectivity index (χ1v) is 10.5. The maximum Gasteiger partial charge on any atom is 0.361 e. The van der Waals surface area contributed by atoms with Crippen molar-refractivity contribution in [3.8, 4) is 0 Å². The molecule has 1 aliphatic rings. The average molecular weight is 493 g/mol. The molecule has 0 aromatic carbocycles. The number of ketones is 1. The molecule has 3 rings (SSSR count). The Bertz CT molecular complexity index is 1110. The molecule has 35 heavy (non-hydrogen) atoms. The van der Waals surface area contributed by atoms with Crippen LogP contribution in [0.3, 0.4) is 0 Å². The van der Waals surface area contributed by atoms with E-state index in [1.165, 1.54) is 25.3 Å². The van der Waals surface area contributed by atoms with E-state index in [0.717, 1.165) is 18.5 Å². The van der Waals surface area contributed by atoms with Gasteiger partial charge in [0.2, 0.25) is 11.5 Å². The van der Waals surface area contributed by atoms with Crippen LogP contribution < -0.4 is 0 Å². The predicted octanol–water partition coefficient (Wildman–Crippen LogP) is 0.603. The lowest BCUT2D eigenvalue weighted by molar-refractivity contribution is -0.166. The maximum atomic E-state index is 13.2. The van der Waals surface area contributed by atoms with Crippen molar-refractivity contribution in [3.05, 3.63) is 35.5 Å². The molecule has 188 valence electrons. The lowest BCUT2D eigenvalue weighted by Crippen LogP contribution is -2.41. The summed E-state index contributed by atoms with van der Waals surface area (Å²) in [7, 11) is 0. The maximum absolute atomic E-state index is 13.2. The lowest BCUT2D eigenvalue weighted by Gasteiger charge is -2.23. The number of carbonyl (C=O) groups excluding carboxylic acids is 5. The second-order valence-corrected chi connectivity index (χ2v) is 7.27. The van der Waals surface area contributed by atoms with Crippen LogP contribution in [0, 0.1) is 0 Å². The van der Waals surface area contributed by atoms with Crippen molar-refractivity contribution in [2.75, 3.05) is 13.2 Å². The van der Waals surface area contributed by atoms with Crippen LogP contribution >= 0.6 is 0 Å². The molecule has 0 radical (unpaired) electrons. The summed E-state index contributed by atoms with van der Waals surface area (Å²) >= 11 is 0. The third kappa shape index (κ3) is 5.71. The topological polar surface area (TPSA) is 175 Å². The van der Waals surface area contributed by atoms with Gasteiger partial charge in [0.1, 0.15) is 12.7 Å². The Balaban J connectivity index is 2.11. The smallest absolute Gasteiger partial charge is 0.361 e. The highest BCUT2D eigenvalue weighted by molar-refractivity contribution is 6.11. The minimum atomic E-state index is -1.41. The summed E-state index contributed by atoms with van der Waals surface area (Å²) in [4.78, 5) is 60.7. The lowest BCUT2D eigenvalue weighted by atomic mass is 10.1. The van der Waals surface area contributed by atoms with Gasteiger partial charge in [-0.25, -0.2) is 9.48 Å². The van der Waals surface area contributed by atoms with Crippen LogP contribution in [0.25, 0.3) is 0 Å². The number of carbonyl (C=O) groups is 5. The van der Waals surface area contributed by atoms with Gasteiger partial charge in [0, 0.05) is 20.8 Å². The zero-order valence-corrected chi connectivity index (χ0v) is 19.3. The summed E-state index contributed by atoms with van der Waals surface area (Å²) < 4.78 is 32.6. The second-order valence-electron chi connectivity index (χ2n) is 7.27. The van der Waals surface area contributed by atoms with Gasteiger partial charge in [-0.3, -0.25) is 19.2 Å². The Kier molecular flexibility index (Phi) is 7.96. The molecular weight excluding hydrogens is 470 g/mol. The highest BCUT2D eigenvalue weighted by Gasteiger charge is 2.52. The Morgan fingerprint density at radius 2 is 1.69 bits per heavy atom. The van der Waals surface area contributed by atoms with E-state index in [0.29, 0.717) is 0 Å². The normalized spacial score (nSPS) is 21.3. The van der Waals surface area contributed by atoms with E-state index in [-0.39, 0.29) is 24.7 Å². The van der Waals surface area contributed by atoms with Crippen LogP contribution in [0.4, 0.5) is 0 Å². The molecule has 14 heteroatoms. The number of ether oxygens (including phenoxy) is 5. The number of esters is 4. The minimum Gasteiger partial charge on any atom is -0.463 e. The monoisotopic (exact) mass is 493 g/mol. The summed E-state index contributed by atoms with van der Waals surface area (Å²) in [5, 5.41) is 7.64. The number of nitrogens with zero attached hydrogens (tertiary/aromatic N) is 3. The average Bonchev–Trinajstić information content (AvgIpc) is 3.51. The van der Waals surface area contributed by atoms with Crippen molar-refractivity contribution in [1.29, 1.82) is 0 Å². The summed E-state index contributed by atoms with van der Waals surface area (Å²) in [6.07, 6.45) is -3.86. The highest BCUT2D eigenvalue weighted by atomic mass is 16.7. The molecule has 0 unspecified atom stereocenters. The van der Waals surface area contributed by atoms with Crippen molar-refractivity contribution in [3.63, 3.8) is 0 Å². The van der Waals surface area contributed by atoms with Crippen LogP contribution in [0.15, 0.2) is 22.8 Å². The third-order valence-corrected chi connectivity index (χ3v) is 4.70. The number of hydrogen-bond acceptors (Lipinski definition) is 13. The van der Waals surface area contributed by atoms with Crippen molar-refractivity contribution < 1.29 is 52.1 Å². The zero-order valence-electron chi connectivity index (χ0n) is 19.3. The summed E-state index contributed by atoms with van der Waals surface area (Å²) in [6, 6.07) is 2.82. The highest BCUT2D eigenvalue weighted by Crippen LogP contribution is 2.35. The van der Waals surface area contributed by atoms with Gasteiger partial charge in [-0.2, -0.15) is 0 Å². The number of furan rings is 1. The molecule has 0 saturated carbocycles. The van der Waals surface area contributed by atoms with Crippen molar-refractivity contribution in [1.82, 2.24) is 15.0 Å². The van der Waals surface area contributed by atoms with Gasteiger partial charge >= 0.3 is 23.9 Å². The van der Waals surface area contributed by atoms with Crippen molar-refractivity contribution in [2.45, 2.75) is 52.2 Å². The summed E-state index contributed by atoms with van der Waals surface area (Å²) in [5.41, 5.74) is -0.818. The van der Waals surface area contributed by atoms with Gasteiger partial charge in [-0.05, 0) is 19.1 Å². The Morgan fingerprint density at radius 3 is 2.26 bits per heavy atom. The van der Waals surface area contributed by atoms with Gasteiger partial charge < -0.3 is 28.1 Å². The summed E-state index contributed by atoms with van der Waals surface area (Å²) in [6.45, 7) is 4.59. The molecule has 1 saturated heterocycles. The first-order chi connectivity index (χ1) is 16.6. The number of rotatable bonds is 9.